The van der Waals surface area contributed by atoms with Gasteiger partial charge in [0.25, 0.3) is 0 Å². The third kappa shape index (κ3) is 3.48. The molecule has 0 atom stereocenters. The minimum Gasteiger partial charge on any atom is -0.461 e. The Hall–Kier alpha value is -2.61. The second kappa shape index (κ2) is 7.31. The van der Waals surface area contributed by atoms with Crippen molar-refractivity contribution in [2.24, 2.45) is 0 Å². The maximum absolute atomic E-state index is 13.5. The fraction of sp³-hybridized carbons (Fsp3) is 0.188. The molecule has 1 aromatic carbocycles. The Balaban J connectivity index is 1.67. The quantitative estimate of drug-likeness (QED) is 0.692. The number of thioether (sulfide) groups is 1. The number of carbonyl (C=O) groups is 1. The molecule has 0 aliphatic heterocycles. The highest BCUT2D eigenvalue weighted by atomic mass is 32.2. The number of anilines is 1. The highest BCUT2D eigenvalue weighted by Gasteiger charge is 2.16. The summed E-state index contributed by atoms with van der Waals surface area (Å²) in [7, 11) is 0. The molecule has 8 heteroatoms. The van der Waals surface area contributed by atoms with Crippen LogP contribution in [0.5, 0.6) is 0 Å². The van der Waals surface area contributed by atoms with E-state index >= 15 is 0 Å². The third-order valence-electron chi connectivity index (χ3n) is 3.25. The summed E-state index contributed by atoms with van der Waals surface area (Å²) in [6, 6.07) is 9.62. The number of hydrogen-bond donors (Lipinski definition) is 1. The van der Waals surface area contributed by atoms with Crippen LogP contribution in [-0.4, -0.2) is 26.4 Å². The predicted molar refractivity (Wildman–Crippen MR) is 89.2 cm³/mol. The van der Waals surface area contributed by atoms with Crippen LogP contribution in [-0.2, 0) is 11.3 Å². The van der Waals surface area contributed by atoms with Crippen molar-refractivity contribution in [3.63, 3.8) is 0 Å². The number of carbonyl (C=O) groups excluding carboxylic acids is 1. The van der Waals surface area contributed by atoms with Crippen LogP contribution in [0.15, 0.2) is 52.2 Å². The number of nitrogens with zero attached hydrogens (tertiary/aromatic N) is 3. The van der Waals surface area contributed by atoms with Crippen molar-refractivity contribution in [2.75, 3.05) is 11.1 Å². The highest BCUT2D eigenvalue weighted by Crippen LogP contribution is 2.24. The molecule has 0 aliphatic carbocycles. The number of halogens is 1. The molecule has 0 spiro atoms. The van der Waals surface area contributed by atoms with Crippen LogP contribution in [0.1, 0.15) is 6.92 Å². The van der Waals surface area contributed by atoms with Crippen LogP contribution in [0.4, 0.5) is 10.1 Å². The van der Waals surface area contributed by atoms with Gasteiger partial charge in [-0.2, -0.15) is 0 Å². The van der Waals surface area contributed by atoms with Crippen LogP contribution < -0.4 is 5.32 Å². The molecule has 3 aromatic rings. The number of benzene rings is 1. The van der Waals surface area contributed by atoms with Crippen molar-refractivity contribution in [3.8, 4) is 11.6 Å². The number of aromatic nitrogens is 3. The summed E-state index contributed by atoms with van der Waals surface area (Å²) in [5, 5.41) is 11.4. The van der Waals surface area contributed by atoms with Gasteiger partial charge in [0, 0.05) is 6.54 Å². The van der Waals surface area contributed by atoms with Crippen molar-refractivity contribution in [1.82, 2.24) is 14.8 Å². The maximum Gasteiger partial charge on any atom is 0.234 e. The Bertz CT molecular complexity index is 832. The lowest BCUT2D eigenvalue weighted by Crippen LogP contribution is -2.15. The van der Waals surface area contributed by atoms with Gasteiger partial charge in [-0.3, -0.25) is 9.36 Å². The average Bonchev–Trinajstić information content (AvgIpc) is 3.23. The summed E-state index contributed by atoms with van der Waals surface area (Å²) < 4.78 is 20.7. The van der Waals surface area contributed by atoms with Gasteiger partial charge in [-0.05, 0) is 31.2 Å². The van der Waals surface area contributed by atoms with Gasteiger partial charge < -0.3 is 9.73 Å². The Morgan fingerprint density at radius 3 is 2.83 bits per heavy atom. The SMILES string of the molecule is CCn1c(SCC(=O)Nc2ccccc2F)nnc1-c1ccco1. The van der Waals surface area contributed by atoms with E-state index in [0.717, 1.165) is 0 Å². The first kappa shape index (κ1) is 16.3. The van der Waals surface area contributed by atoms with E-state index in [9.17, 15) is 9.18 Å². The van der Waals surface area contributed by atoms with E-state index < -0.39 is 5.82 Å². The zero-order valence-corrected chi connectivity index (χ0v) is 13.7. The molecule has 6 nitrogen and oxygen atoms in total. The standard InChI is InChI=1S/C16H15FN4O2S/c1-2-21-15(13-8-5-9-23-13)19-20-16(21)24-10-14(22)18-12-7-4-3-6-11(12)17/h3-9H,2,10H2,1H3,(H,18,22). The molecule has 0 fully saturated rings. The van der Waals surface area contributed by atoms with E-state index in [0.29, 0.717) is 23.3 Å². The number of furan rings is 1. The highest BCUT2D eigenvalue weighted by molar-refractivity contribution is 7.99. The Morgan fingerprint density at radius 2 is 2.12 bits per heavy atom. The number of nitrogens with one attached hydrogen (secondary N) is 1. The predicted octanol–water partition coefficient (Wildman–Crippen LogP) is 3.43. The largest absolute Gasteiger partial charge is 0.461 e. The third-order valence-corrected chi connectivity index (χ3v) is 4.22. The summed E-state index contributed by atoms with van der Waals surface area (Å²) in [6.45, 7) is 2.60. The zero-order chi connectivity index (χ0) is 16.9. The van der Waals surface area contributed by atoms with Gasteiger partial charge in [0.15, 0.2) is 16.7 Å². The molecule has 24 heavy (non-hydrogen) atoms. The molecule has 0 bridgehead atoms. The minimum atomic E-state index is -0.465. The number of hydrogen-bond acceptors (Lipinski definition) is 5. The first-order chi connectivity index (χ1) is 11.7. The lowest BCUT2D eigenvalue weighted by atomic mass is 10.3. The summed E-state index contributed by atoms with van der Waals surface area (Å²) in [5.74, 6) is 0.555. The summed E-state index contributed by atoms with van der Waals surface area (Å²) in [5.41, 5.74) is 0.163. The van der Waals surface area contributed by atoms with Crippen LogP contribution in [0.3, 0.4) is 0 Å². The number of rotatable bonds is 6. The summed E-state index contributed by atoms with van der Waals surface area (Å²) in [4.78, 5) is 12.0. The second-order valence-electron chi connectivity index (χ2n) is 4.84. The summed E-state index contributed by atoms with van der Waals surface area (Å²) >= 11 is 1.24. The molecule has 3 rings (SSSR count). The maximum atomic E-state index is 13.5. The lowest BCUT2D eigenvalue weighted by molar-refractivity contribution is -0.113. The first-order valence-electron chi connectivity index (χ1n) is 7.33. The van der Waals surface area contributed by atoms with Gasteiger partial charge >= 0.3 is 0 Å². The van der Waals surface area contributed by atoms with E-state index in [-0.39, 0.29) is 17.3 Å². The fourth-order valence-electron chi connectivity index (χ4n) is 2.15. The molecule has 0 radical (unpaired) electrons. The van der Waals surface area contributed by atoms with Gasteiger partial charge in [-0.25, -0.2) is 4.39 Å². The number of amides is 1. The molecule has 2 aromatic heterocycles. The van der Waals surface area contributed by atoms with Crippen LogP contribution in [0.25, 0.3) is 11.6 Å². The average molecular weight is 346 g/mol. The van der Waals surface area contributed by atoms with Crippen LogP contribution in [0.2, 0.25) is 0 Å². The molecule has 0 unspecified atom stereocenters. The second-order valence-corrected chi connectivity index (χ2v) is 5.79. The molecular weight excluding hydrogens is 331 g/mol. The van der Waals surface area contributed by atoms with Gasteiger partial charge in [-0.15, -0.1) is 10.2 Å². The van der Waals surface area contributed by atoms with E-state index in [4.69, 9.17) is 4.42 Å². The normalized spacial score (nSPS) is 10.8. The zero-order valence-electron chi connectivity index (χ0n) is 12.9. The lowest BCUT2D eigenvalue weighted by Gasteiger charge is -2.07. The van der Waals surface area contributed by atoms with E-state index in [1.807, 2.05) is 11.5 Å². The Labute approximate surface area is 142 Å². The molecule has 0 saturated heterocycles. The van der Waals surface area contributed by atoms with E-state index in [2.05, 4.69) is 15.5 Å². The Kier molecular flexibility index (Phi) is 4.95. The van der Waals surface area contributed by atoms with E-state index in [1.165, 1.54) is 23.9 Å². The van der Waals surface area contributed by atoms with Crippen molar-refractivity contribution >= 4 is 23.4 Å². The van der Waals surface area contributed by atoms with Crippen molar-refractivity contribution in [1.29, 1.82) is 0 Å². The first-order valence-corrected chi connectivity index (χ1v) is 8.32. The molecule has 124 valence electrons. The van der Waals surface area contributed by atoms with Crippen molar-refractivity contribution < 1.29 is 13.6 Å². The molecule has 0 aliphatic rings. The fourth-order valence-corrected chi connectivity index (χ4v) is 2.95. The minimum absolute atomic E-state index is 0.102. The Morgan fingerprint density at radius 1 is 1.29 bits per heavy atom. The van der Waals surface area contributed by atoms with Gasteiger partial charge in [-0.1, -0.05) is 23.9 Å². The number of para-hydroxylation sites is 1. The monoisotopic (exact) mass is 346 g/mol. The van der Waals surface area contributed by atoms with Crippen molar-refractivity contribution in [3.05, 3.63) is 48.5 Å². The van der Waals surface area contributed by atoms with Gasteiger partial charge in [0.1, 0.15) is 5.82 Å². The molecule has 2 heterocycles. The van der Waals surface area contributed by atoms with Gasteiger partial charge in [0.05, 0.1) is 17.7 Å². The van der Waals surface area contributed by atoms with Crippen molar-refractivity contribution in [2.45, 2.75) is 18.6 Å². The summed E-state index contributed by atoms with van der Waals surface area (Å²) in [6.07, 6.45) is 1.57. The smallest absolute Gasteiger partial charge is 0.234 e. The molecule has 0 saturated carbocycles. The molecule has 1 amide bonds. The van der Waals surface area contributed by atoms with Gasteiger partial charge in [0.2, 0.25) is 5.91 Å². The van der Waals surface area contributed by atoms with E-state index in [1.54, 1.807) is 30.5 Å². The van der Waals surface area contributed by atoms with Crippen LogP contribution >= 0.6 is 11.8 Å². The molecule has 1 N–H and O–H groups in total. The molecular formula is C16H15FN4O2S. The van der Waals surface area contributed by atoms with Crippen LogP contribution in [0, 0.1) is 5.82 Å². The topological polar surface area (TPSA) is 73.0 Å².